The van der Waals surface area contributed by atoms with Crippen molar-refractivity contribution >= 4 is 17.5 Å². The number of aromatic nitrogens is 1. The first kappa shape index (κ1) is 11.9. The van der Waals surface area contributed by atoms with E-state index in [0.29, 0.717) is 17.3 Å². The number of nitrogens with zero attached hydrogens (tertiary/aromatic N) is 3. The van der Waals surface area contributed by atoms with E-state index in [1.54, 1.807) is 11.0 Å². The van der Waals surface area contributed by atoms with E-state index >= 15 is 0 Å². The van der Waals surface area contributed by atoms with Crippen LogP contribution in [0.3, 0.4) is 0 Å². The molecule has 1 amide bonds. The van der Waals surface area contributed by atoms with Crippen LogP contribution in [0.5, 0.6) is 0 Å². The number of likely N-dealkylation sites (tertiary alicyclic amines) is 1. The largest absolute Gasteiger partial charge is 0.323 e. The molecule has 0 N–H and O–H groups in total. The van der Waals surface area contributed by atoms with E-state index in [0.717, 1.165) is 19.3 Å². The van der Waals surface area contributed by atoms with Gasteiger partial charge in [-0.2, -0.15) is 5.26 Å². The SMILES string of the molecule is N#CC1CCCCN1C(=O)c1ccnc(Cl)c1. The number of halogens is 1. The number of amides is 1. The second-order valence-electron chi connectivity index (χ2n) is 4.01. The van der Waals surface area contributed by atoms with Crippen molar-refractivity contribution in [3.63, 3.8) is 0 Å². The summed E-state index contributed by atoms with van der Waals surface area (Å²) in [7, 11) is 0. The molecule has 0 spiro atoms. The third-order valence-corrected chi connectivity index (χ3v) is 3.09. The molecule has 0 bridgehead atoms. The zero-order valence-corrected chi connectivity index (χ0v) is 10.0. The minimum atomic E-state index is -0.316. The number of pyridine rings is 1. The lowest BCUT2D eigenvalue weighted by Crippen LogP contribution is -2.42. The van der Waals surface area contributed by atoms with Crippen molar-refractivity contribution in [3.8, 4) is 6.07 Å². The summed E-state index contributed by atoms with van der Waals surface area (Å²) >= 11 is 5.75. The van der Waals surface area contributed by atoms with Crippen molar-refractivity contribution < 1.29 is 4.79 Å². The van der Waals surface area contributed by atoms with Gasteiger partial charge in [0.1, 0.15) is 11.2 Å². The highest BCUT2D eigenvalue weighted by Crippen LogP contribution is 2.19. The van der Waals surface area contributed by atoms with Crippen molar-refractivity contribution in [1.29, 1.82) is 5.26 Å². The van der Waals surface area contributed by atoms with Gasteiger partial charge in [0.05, 0.1) is 6.07 Å². The van der Waals surface area contributed by atoms with Crippen LogP contribution in [-0.4, -0.2) is 28.4 Å². The summed E-state index contributed by atoms with van der Waals surface area (Å²) in [6.45, 7) is 0.636. The maximum absolute atomic E-state index is 12.2. The van der Waals surface area contributed by atoms with Gasteiger partial charge >= 0.3 is 0 Å². The normalized spacial score (nSPS) is 19.8. The van der Waals surface area contributed by atoms with Gasteiger partial charge in [-0.3, -0.25) is 4.79 Å². The number of rotatable bonds is 1. The summed E-state index contributed by atoms with van der Waals surface area (Å²) in [4.78, 5) is 17.7. The molecule has 0 aliphatic carbocycles. The number of carbonyl (C=O) groups excluding carboxylic acids is 1. The third kappa shape index (κ3) is 2.56. The zero-order valence-electron chi connectivity index (χ0n) is 9.27. The molecule has 88 valence electrons. The van der Waals surface area contributed by atoms with Crippen LogP contribution >= 0.6 is 11.6 Å². The van der Waals surface area contributed by atoms with Crippen molar-refractivity contribution in [3.05, 3.63) is 29.0 Å². The first-order chi connectivity index (χ1) is 8.22. The minimum Gasteiger partial charge on any atom is -0.323 e. The van der Waals surface area contributed by atoms with Crippen LogP contribution in [0.2, 0.25) is 5.15 Å². The number of nitriles is 1. The Morgan fingerprint density at radius 1 is 1.59 bits per heavy atom. The first-order valence-electron chi connectivity index (χ1n) is 5.54. The molecule has 1 aliphatic rings. The smallest absolute Gasteiger partial charge is 0.255 e. The summed E-state index contributed by atoms with van der Waals surface area (Å²) < 4.78 is 0. The molecule has 2 rings (SSSR count). The van der Waals surface area contributed by atoms with Gasteiger partial charge in [-0.25, -0.2) is 4.98 Å². The highest BCUT2D eigenvalue weighted by molar-refractivity contribution is 6.29. The van der Waals surface area contributed by atoms with Crippen LogP contribution in [0, 0.1) is 11.3 Å². The summed E-state index contributed by atoms with van der Waals surface area (Å²) in [5.41, 5.74) is 0.493. The summed E-state index contributed by atoms with van der Waals surface area (Å²) in [6.07, 6.45) is 4.20. The van der Waals surface area contributed by atoms with Gasteiger partial charge in [-0.05, 0) is 31.4 Å². The molecular formula is C12H12ClN3O. The Hall–Kier alpha value is -1.60. The Bertz CT molecular complexity index is 469. The Balaban J connectivity index is 2.22. The lowest BCUT2D eigenvalue weighted by atomic mass is 10.0. The van der Waals surface area contributed by atoms with E-state index in [-0.39, 0.29) is 11.9 Å². The lowest BCUT2D eigenvalue weighted by molar-refractivity contribution is 0.0670. The van der Waals surface area contributed by atoms with Crippen molar-refractivity contribution in [1.82, 2.24) is 9.88 Å². The van der Waals surface area contributed by atoms with Crippen LogP contribution in [0.25, 0.3) is 0 Å². The molecule has 5 heteroatoms. The fourth-order valence-electron chi connectivity index (χ4n) is 2.01. The molecule has 1 unspecified atom stereocenters. The van der Waals surface area contributed by atoms with Crippen LogP contribution < -0.4 is 0 Å². The maximum atomic E-state index is 12.2. The summed E-state index contributed by atoms with van der Waals surface area (Å²) in [5.74, 6) is -0.138. The molecule has 17 heavy (non-hydrogen) atoms. The molecule has 0 radical (unpaired) electrons. The lowest BCUT2D eigenvalue weighted by Gasteiger charge is -2.31. The van der Waals surface area contributed by atoms with Crippen LogP contribution in [-0.2, 0) is 0 Å². The monoisotopic (exact) mass is 249 g/mol. The van der Waals surface area contributed by atoms with E-state index < -0.39 is 0 Å². The fraction of sp³-hybridized carbons (Fsp3) is 0.417. The minimum absolute atomic E-state index is 0.138. The summed E-state index contributed by atoms with van der Waals surface area (Å²) in [5, 5.41) is 9.32. The molecular weight excluding hydrogens is 238 g/mol. The van der Waals surface area contributed by atoms with Gasteiger partial charge in [0.25, 0.3) is 5.91 Å². The topological polar surface area (TPSA) is 57.0 Å². The van der Waals surface area contributed by atoms with E-state index in [2.05, 4.69) is 11.1 Å². The van der Waals surface area contributed by atoms with Gasteiger partial charge in [-0.15, -0.1) is 0 Å². The number of piperidine rings is 1. The second-order valence-corrected chi connectivity index (χ2v) is 4.39. The highest BCUT2D eigenvalue weighted by atomic mass is 35.5. The average Bonchev–Trinajstić information content (AvgIpc) is 2.38. The molecule has 1 atom stereocenters. The number of hydrogen-bond donors (Lipinski definition) is 0. The molecule has 1 aliphatic heterocycles. The van der Waals surface area contributed by atoms with Crippen LogP contribution in [0.4, 0.5) is 0 Å². The standard InChI is InChI=1S/C12H12ClN3O/c13-11-7-9(4-5-15-11)12(17)16-6-2-1-3-10(16)8-14/h4-5,7,10H,1-3,6H2. The van der Waals surface area contributed by atoms with Crippen molar-refractivity contribution in [2.75, 3.05) is 6.54 Å². The molecule has 2 heterocycles. The van der Waals surface area contributed by atoms with Gasteiger partial charge in [0, 0.05) is 18.3 Å². The molecule has 0 saturated carbocycles. The Morgan fingerprint density at radius 2 is 2.41 bits per heavy atom. The molecule has 0 aromatic carbocycles. The number of carbonyl (C=O) groups is 1. The van der Waals surface area contributed by atoms with Gasteiger partial charge in [0.15, 0.2) is 0 Å². The quantitative estimate of drug-likeness (QED) is 0.718. The summed E-state index contributed by atoms with van der Waals surface area (Å²) in [6, 6.07) is 5.02. The Morgan fingerprint density at radius 3 is 3.12 bits per heavy atom. The Kier molecular flexibility index (Phi) is 3.60. The highest BCUT2D eigenvalue weighted by Gasteiger charge is 2.27. The predicted octanol–water partition coefficient (Wildman–Crippen LogP) is 2.25. The van der Waals surface area contributed by atoms with Crippen LogP contribution in [0.15, 0.2) is 18.3 Å². The van der Waals surface area contributed by atoms with Gasteiger partial charge < -0.3 is 4.90 Å². The molecule has 1 aromatic heterocycles. The molecule has 1 saturated heterocycles. The van der Waals surface area contributed by atoms with E-state index in [1.807, 2.05) is 0 Å². The third-order valence-electron chi connectivity index (χ3n) is 2.89. The fourth-order valence-corrected chi connectivity index (χ4v) is 2.18. The molecule has 1 aromatic rings. The molecule has 1 fully saturated rings. The first-order valence-corrected chi connectivity index (χ1v) is 5.92. The second kappa shape index (κ2) is 5.15. The number of hydrogen-bond acceptors (Lipinski definition) is 3. The van der Waals surface area contributed by atoms with Gasteiger partial charge in [-0.1, -0.05) is 11.6 Å². The van der Waals surface area contributed by atoms with Crippen molar-refractivity contribution in [2.45, 2.75) is 25.3 Å². The molecule has 4 nitrogen and oxygen atoms in total. The Labute approximate surface area is 105 Å². The van der Waals surface area contributed by atoms with Crippen molar-refractivity contribution in [2.24, 2.45) is 0 Å². The maximum Gasteiger partial charge on any atom is 0.255 e. The van der Waals surface area contributed by atoms with Crippen LogP contribution in [0.1, 0.15) is 29.6 Å². The van der Waals surface area contributed by atoms with E-state index in [4.69, 9.17) is 16.9 Å². The van der Waals surface area contributed by atoms with E-state index in [9.17, 15) is 4.79 Å². The van der Waals surface area contributed by atoms with Gasteiger partial charge in [0.2, 0.25) is 0 Å². The zero-order chi connectivity index (χ0) is 12.3. The van der Waals surface area contributed by atoms with E-state index in [1.165, 1.54) is 12.3 Å². The predicted molar refractivity (Wildman–Crippen MR) is 63.5 cm³/mol. The average molecular weight is 250 g/mol.